The van der Waals surface area contributed by atoms with Crippen molar-refractivity contribution in [2.24, 2.45) is 11.7 Å². The number of halogens is 1. The third-order valence-electron chi connectivity index (χ3n) is 3.34. The molecule has 6 heteroatoms. The summed E-state index contributed by atoms with van der Waals surface area (Å²) in [5.74, 6) is -0.541. The number of Topliss-reactive ketones (excluding diaryl/α,β-unsaturated/α-hetero) is 1. The van der Waals surface area contributed by atoms with Crippen LogP contribution in [-0.2, 0) is 4.79 Å². The minimum Gasteiger partial charge on any atom is -0.401 e. The van der Waals surface area contributed by atoms with Crippen molar-refractivity contribution in [2.45, 2.75) is 13.3 Å². The van der Waals surface area contributed by atoms with E-state index in [9.17, 15) is 14.9 Å². The summed E-state index contributed by atoms with van der Waals surface area (Å²) in [7, 11) is 0. The molecule has 0 amide bonds. The summed E-state index contributed by atoms with van der Waals surface area (Å²) < 4.78 is 0. The van der Waals surface area contributed by atoms with Crippen molar-refractivity contribution in [2.75, 3.05) is 0 Å². The number of nitro benzene ring substituents is 1. The molecule has 0 bridgehead atoms. The molecule has 5 nitrogen and oxygen atoms in total. The highest BCUT2D eigenvalue weighted by atomic mass is 35.5. The minimum atomic E-state index is -0.467. The number of hydrogen-bond donors (Lipinski definition) is 1. The summed E-state index contributed by atoms with van der Waals surface area (Å²) in [6, 6.07) is 4.68. The third kappa shape index (κ3) is 2.44. The lowest BCUT2D eigenvalue weighted by atomic mass is 9.98. The summed E-state index contributed by atoms with van der Waals surface area (Å²) in [6.45, 7) is 1.65. The third-order valence-corrected chi connectivity index (χ3v) is 3.49. The van der Waals surface area contributed by atoms with Crippen molar-refractivity contribution >= 4 is 28.6 Å². The molecule has 20 heavy (non-hydrogen) atoms. The van der Waals surface area contributed by atoms with Gasteiger partial charge in [0, 0.05) is 40.8 Å². The highest BCUT2D eigenvalue weighted by Crippen LogP contribution is 2.35. The van der Waals surface area contributed by atoms with Gasteiger partial charge in [-0.3, -0.25) is 14.9 Å². The van der Waals surface area contributed by atoms with Crippen LogP contribution in [0.15, 0.2) is 35.5 Å². The van der Waals surface area contributed by atoms with E-state index in [0.29, 0.717) is 28.8 Å². The van der Waals surface area contributed by atoms with E-state index in [2.05, 4.69) is 0 Å². The van der Waals surface area contributed by atoms with Gasteiger partial charge < -0.3 is 5.73 Å². The lowest BCUT2D eigenvalue weighted by molar-refractivity contribution is -0.385. The predicted molar refractivity (Wildman–Crippen MR) is 77.0 cm³/mol. The number of ketones is 1. The van der Waals surface area contributed by atoms with E-state index < -0.39 is 4.92 Å². The van der Waals surface area contributed by atoms with Crippen LogP contribution in [0, 0.1) is 23.0 Å². The van der Waals surface area contributed by atoms with Gasteiger partial charge in [-0.25, -0.2) is 0 Å². The number of carbonyl (C=O) groups excluding carboxylic acids is 1. The topological polar surface area (TPSA) is 86.2 Å². The normalized spacial score (nSPS) is 19.1. The average Bonchev–Trinajstić information content (AvgIpc) is 2.66. The second kappa shape index (κ2) is 5.46. The van der Waals surface area contributed by atoms with E-state index in [4.69, 9.17) is 17.3 Å². The molecule has 1 aromatic carbocycles. The van der Waals surface area contributed by atoms with Crippen LogP contribution < -0.4 is 5.73 Å². The fourth-order valence-corrected chi connectivity index (χ4v) is 2.48. The summed E-state index contributed by atoms with van der Waals surface area (Å²) >= 11 is 5.49. The van der Waals surface area contributed by atoms with Gasteiger partial charge in [0.25, 0.3) is 5.69 Å². The molecule has 0 radical (unpaired) electrons. The highest BCUT2D eigenvalue weighted by molar-refractivity contribution is 6.27. The Morgan fingerprint density at radius 3 is 2.80 bits per heavy atom. The Labute approximate surface area is 120 Å². The van der Waals surface area contributed by atoms with Crippen molar-refractivity contribution in [1.82, 2.24) is 0 Å². The molecule has 0 aliphatic heterocycles. The van der Waals surface area contributed by atoms with Gasteiger partial charge >= 0.3 is 0 Å². The van der Waals surface area contributed by atoms with Gasteiger partial charge in [-0.05, 0) is 12.5 Å². The van der Waals surface area contributed by atoms with E-state index >= 15 is 0 Å². The first kappa shape index (κ1) is 14.3. The van der Waals surface area contributed by atoms with Crippen molar-refractivity contribution in [3.63, 3.8) is 0 Å². The van der Waals surface area contributed by atoms with Crippen LogP contribution in [0.3, 0.4) is 0 Å². The Balaban J connectivity index is 2.47. The Hall–Kier alpha value is -2.14. The molecule has 104 valence electrons. The average molecular weight is 293 g/mol. The standard InChI is InChI=1S/C14H13ClN2O3/c1-8-2-3-9(7-12(8)17(19)20)13-11(16)6-10(4-5-15)14(13)18/h2-5,7,10H,6,16H2,1H3/b5-4+. The lowest BCUT2D eigenvalue weighted by Gasteiger charge is -2.05. The van der Waals surface area contributed by atoms with Crippen LogP contribution >= 0.6 is 11.6 Å². The van der Waals surface area contributed by atoms with Gasteiger partial charge in [0.05, 0.1) is 4.92 Å². The summed E-state index contributed by atoms with van der Waals surface area (Å²) in [4.78, 5) is 22.8. The van der Waals surface area contributed by atoms with E-state index in [1.165, 1.54) is 11.6 Å². The van der Waals surface area contributed by atoms with Crippen molar-refractivity contribution in [3.05, 3.63) is 56.7 Å². The van der Waals surface area contributed by atoms with Gasteiger partial charge in [0.15, 0.2) is 5.78 Å². The van der Waals surface area contributed by atoms with Gasteiger partial charge in [0.2, 0.25) is 0 Å². The Morgan fingerprint density at radius 2 is 2.20 bits per heavy atom. The number of rotatable bonds is 3. The van der Waals surface area contributed by atoms with Crippen molar-refractivity contribution < 1.29 is 9.72 Å². The first-order valence-corrected chi connectivity index (χ1v) is 6.44. The fraction of sp³-hybridized carbons (Fsp3) is 0.214. The predicted octanol–water partition coefficient (Wildman–Crippen LogP) is 2.91. The minimum absolute atomic E-state index is 0.0214. The van der Waals surface area contributed by atoms with Crippen LogP contribution in [0.2, 0.25) is 0 Å². The number of nitrogens with two attached hydrogens (primary N) is 1. The maximum atomic E-state index is 12.3. The monoisotopic (exact) mass is 292 g/mol. The zero-order valence-electron chi connectivity index (χ0n) is 10.8. The number of hydrogen-bond acceptors (Lipinski definition) is 4. The molecule has 1 unspecified atom stereocenters. The first-order valence-electron chi connectivity index (χ1n) is 6.00. The van der Waals surface area contributed by atoms with E-state index in [1.54, 1.807) is 25.1 Å². The van der Waals surface area contributed by atoms with Gasteiger partial charge in [-0.2, -0.15) is 0 Å². The molecule has 1 aliphatic carbocycles. The zero-order valence-corrected chi connectivity index (χ0v) is 11.6. The molecule has 0 fully saturated rings. The number of allylic oxidation sites excluding steroid dienone is 3. The summed E-state index contributed by atoms with van der Waals surface area (Å²) in [5, 5.41) is 11.0. The van der Waals surface area contributed by atoms with Crippen LogP contribution in [-0.4, -0.2) is 10.7 Å². The number of benzene rings is 1. The Morgan fingerprint density at radius 1 is 1.50 bits per heavy atom. The Kier molecular flexibility index (Phi) is 3.90. The van der Waals surface area contributed by atoms with E-state index in [0.717, 1.165) is 0 Å². The molecule has 2 N–H and O–H groups in total. The molecular weight excluding hydrogens is 280 g/mol. The van der Waals surface area contributed by atoms with Crippen LogP contribution in [0.1, 0.15) is 17.5 Å². The molecule has 1 aliphatic rings. The van der Waals surface area contributed by atoms with Crippen LogP contribution in [0.5, 0.6) is 0 Å². The molecule has 0 saturated heterocycles. The molecule has 0 saturated carbocycles. The maximum absolute atomic E-state index is 12.3. The number of nitro groups is 1. The molecule has 1 atom stereocenters. The van der Waals surface area contributed by atoms with Crippen molar-refractivity contribution in [3.8, 4) is 0 Å². The number of carbonyl (C=O) groups is 1. The van der Waals surface area contributed by atoms with E-state index in [-0.39, 0.29) is 17.4 Å². The number of aryl methyl sites for hydroxylation is 1. The smallest absolute Gasteiger partial charge is 0.272 e. The second-order valence-electron chi connectivity index (χ2n) is 4.65. The van der Waals surface area contributed by atoms with Gasteiger partial charge in [-0.15, -0.1) is 0 Å². The summed E-state index contributed by atoms with van der Waals surface area (Å²) in [6.07, 6.45) is 1.96. The SMILES string of the molecule is Cc1ccc(C2=C(N)CC(/C=C/Cl)C2=O)cc1[N+](=O)[O-]. The fourth-order valence-electron chi connectivity index (χ4n) is 2.31. The molecular formula is C14H13ClN2O3. The lowest BCUT2D eigenvalue weighted by Crippen LogP contribution is -2.07. The van der Waals surface area contributed by atoms with Crippen LogP contribution in [0.4, 0.5) is 5.69 Å². The molecule has 1 aromatic rings. The molecule has 2 rings (SSSR count). The number of nitrogens with zero attached hydrogens (tertiary/aromatic N) is 1. The summed E-state index contributed by atoms with van der Waals surface area (Å²) in [5.41, 5.74) is 8.98. The maximum Gasteiger partial charge on any atom is 0.272 e. The quantitative estimate of drug-likeness (QED) is 0.685. The van der Waals surface area contributed by atoms with E-state index in [1.807, 2.05) is 0 Å². The largest absolute Gasteiger partial charge is 0.401 e. The van der Waals surface area contributed by atoms with Gasteiger partial charge in [-0.1, -0.05) is 29.8 Å². The second-order valence-corrected chi connectivity index (χ2v) is 4.90. The Bertz CT molecular complexity index is 650. The first-order chi connectivity index (χ1) is 9.45. The van der Waals surface area contributed by atoms with Crippen LogP contribution in [0.25, 0.3) is 5.57 Å². The highest BCUT2D eigenvalue weighted by Gasteiger charge is 2.31. The van der Waals surface area contributed by atoms with Crippen molar-refractivity contribution in [1.29, 1.82) is 0 Å². The van der Waals surface area contributed by atoms with Gasteiger partial charge in [0.1, 0.15) is 0 Å². The molecule has 0 heterocycles. The zero-order chi connectivity index (χ0) is 14.9. The molecule has 0 aromatic heterocycles. The molecule has 0 spiro atoms.